The smallest absolute Gasteiger partial charge is 0.247 e. The Hall–Kier alpha value is -1.84. The average molecular weight is 232 g/mol. The third-order valence-corrected chi connectivity index (χ3v) is 2.97. The van der Waals surface area contributed by atoms with Gasteiger partial charge in [-0.1, -0.05) is 29.8 Å². The highest BCUT2D eigenvalue weighted by atomic mass is 16.2. The number of benzene rings is 1. The molecule has 1 fully saturated rings. The van der Waals surface area contributed by atoms with Gasteiger partial charge in [0.2, 0.25) is 11.8 Å². The van der Waals surface area contributed by atoms with Crippen molar-refractivity contribution >= 4 is 11.8 Å². The fourth-order valence-electron chi connectivity index (χ4n) is 2.18. The van der Waals surface area contributed by atoms with Gasteiger partial charge in [-0.2, -0.15) is 0 Å². The van der Waals surface area contributed by atoms with Gasteiger partial charge in [0.05, 0.1) is 0 Å². The topological polar surface area (TPSA) is 49.4 Å². The van der Waals surface area contributed by atoms with E-state index in [2.05, 4.69) is 5.32 Å². The van der Waals surface area contributed by atoms with Crippen molar-refractivity contribution < 1.29 is 9.59 Å². The molecule has 2 rings (SSSR count). The average Bonchev–Trinajstić information content (AvgIpc) is 2.28. The van der Waals surface area contributed by atoms with Gasteiger partial charge in [0.1, 0.15) is 6.04 Å². The van der Waals surface area contributed by atoms with Crippen LogP contribution in [0.25, 0.3) is 0 Å². The number of nitrogens with zero attached hydrogens (tertiary/aromatic N) is 1. The van der Waals surface area contributed by atoms with Gasteiger partial charge < -0.3 is 10.2 Å². The lowest BCUT2D eigenvalue weighted by atomic mass is 10.0. The molecule has 0 bridgehead atoms. The zero-order valence-corrected chi connectivity index (χ0v) is 10.1. The van der Waals surface area contributed by atoms with E-state index in [9.17, 15) is 9.59 Å². The number of aryl methyl sites for hydroxylation is 1. The van der Waals surface area contributed by atoms with Gasteiger partial charge in [0, 0.05) is 20.0 Å². The van der Waals surface area contributed by atoms with Gasteiger partial charge in [-0.3, -0.25) is 9.59 Å². The van der Waals surface area contributed by atoms with Crippen molar-refractivity contribution in [1.82, 2.24) is 10.2 Å². The molecule has 0 saturated carbocycles. The minimum absolute atomic E-state index is 0.0636. The van der Waals surface area contributed by atoms with Gasteiger partial charge in [-0.05, 0) is 12.5 Å². The van der Waals surface area contributed by atoms with E-state index in [1.807, 2.05) is 31.2 Å². The maximum atomic E-state index is 11.9. The third-order valence-electron chi connectivity index (χ3n) is 2.97. The van der Waals surface area contributed by atoms with E-state index in [-0.39, 0.29) is 11.8 Å². The lowest BCUT2D eigenvalue weighted by molar-refractivity contribution is -0.142. The molecule has 4 nitrogen and oxygen atoms in total. The summed E-state index contributed by atoms with van der Waals surface area (Å²) in [5.41, 5.74) is 1.96. The second-order valence-electron chi connectivity index (χ2n) is 4.32. The lowest BCUT2D eigenvalue weighted by Crippen LogP contribution is -2.51. The van der Waals surface area contributed by atoms with Crippen molar-refractivity contribution in [1.29, 1.82) is 0 Å². The molecule has 1 aliphatic heterocycles. The second kappa shape index (κ2) is 4.57. The van der Waals surface area contributed by atoms with E-state index in [4.69, 9.17) is 0 Å². The Bertz CT molecular complexity index is 456. The Morgan fingerprint density at radius 3 is 2.88 bits per heavy atom. The van der Waals surface area contributed by atoms with Crippen LogP contribution in [-0.4, -0.2) is 29.8 Å². The first-order valence-corrected chi connectivity index (χ1v) is 5.71. The van der Waals surface area contributed by atoms with E-state index >= 15 is 0 Å². The van der Waals surface area contributed by atoms with Crippen molar-refractivity contribution in [3.8, 4) is 0 Å². The molecule has 0 radical (unpaired) electrons. The van der Waals surface area contributed by atoms with E-state index in [0.29, 0.717) is 13.1 Å². The van der Waals surface area contributed by atoms with Crippen LogP contribution in [-0.2, 0) is 9.59 Å². The fourth-order valence-corrected chi connectivity index (χ4v) is 2.18. The number of carbonyl (C=O) groups is 2. The fraction of sp³-hybridized carbons (Fsp3) is 0.385. The molecule has 1 atom stereocenters. The molecule has 1 aromatic rings. The predicted molar refractivity (Wildman–Crippen MR) is 64.3 cm³/mol. The van der Waals surface area contributed by atoms with Gasteiger partial charge >= 0.3 is 0 Å². The summed E-state index contributed by atoms with van der Waals surface area (Å²) in [7, 11) is 0. The zero-order chi connectivity index (χ0) is 12.4. The molecular formula is C13H16N2O2. The Morgan fingerprint density at radius 2 is 2.24 bits per heavy atom. The highest BCUT2D eigenvalue weighted by Crippen LogP contribution is 2.23. The molecule has 4 heteroatoms. The first-order valence-electron chi connectivity index (χ1n) is 5.71. The van der Waals surface area contributed by atoms with Crippen molar-refractivity contribution in [2.45, 2.75) is 19.9 Å². The van der Waals surface area contributed by atoms with E-state index in [0.717, 1.165) is 11.1 Å². The van der Waals surface area contributed by atoms with Crippen LogP contribution in [0.5, 0.6) is 0 Å². The van der Waals surface area contributed by atoms with Crippen LogP contribution in [0.15, 0.2) is 24.3 Å². The Labute approximate surface area is 101 Å². The Kier molecular flexibility index (Phi) is 3.13. The normalized spacial score (nSPS) is 20.0. The lowest BCUT2D eigenvalue weighted by Gasteiger charge is -2.34. The van der Waals surface area contributed by atoms with Gasteiger partial charge in [0.15, 0.2) is 0 Å². The molecule has 1 N–H and O–H groups in total. The highest BCUT2D eigenvalue weighted by molar-refractivity contribution is 5.89. The van der Waals surface area contributed by atoms with E-state index in [1.165, 1.54) is 6.92 Å². The van der Waals surface area contributed by atoms with Crippen LogP contribution in [0, 0.1) is 6.92 Å². The summed E-state index contributed by atoms with van der Waals surface area (Å²) in [6, 6.07) is 7.23. The summed E-state index contributed by atoms with van der Waals surface area (Å²) in [5.74, 6) is -0.164. The van der Waals surface area contributed by atoms with Crippen LogP contribution >= 0.6 is 0 Å². The molecule has 0 spiro atoms. The Balaban J connectivity index is 2.38. The van der Waals surface area contributed by atoms with Gasteiger partial charge in [-0.15, -0.1) is 0 Å². The van der Waals surface area contributed by atoms with Gasteiger partial charge in [0.25, 0.3) is 0 Å². The first-order chi connectivity index (χ1) is 8.09. The summed E-state index contributed by atoms with van der Waals surface area (Å²) >= 11 is 0. The summed E-state index contributed by atoms with van der Waals surface area (Å²) in [6.07, 6.45) is 0. The van der Waals surface area contributed by atoms with Gasteiger partial charge in [-0.25, -0.2) is 0 Å². The molecule has 1 aromatic carbocycles. The molecule has 0 aliphatic carbocycles. The molecule has 2 amide bonds. The largest absolute Gasteiger partial charge is 0.352 e. The second-order valence-corrected chi connectivity index (χ2v) is 4.32. The summed E-state index contributed by atoms with van der Waals surface area (Å²) in [6.45, 7) is 4.57. The molecular weight excluding hydrogens is 216 g/mol. The molecule has 1 saturated heterocycles. The zero-order valence-electron chi connectivity index (χ0n) is 10.1. The number of hydrogen-bond acceptors (Lipinski definition) is 2. The minimum Gasteiger partial charge on any atom is -0.352 e. The summed E-state index contributed by atoms with van der Waals surface area (Å²) in [5, 5.41) is 2.80. The van der Waals surface area contributed by atoms with Crippen molar-refractivity contribution in [3.63, 3.8) is 0 Å². The van der Waals surface area contributed by atoms with Crippen LogP contribution < -0.4 is 5.32 Å². The maximum Gasteiger partial charge on any atom is 0.247 e. The van der Waals surface area contributed by atoms with E-state index < -0.39 is 6.04 Å². The monoisotopic (exact) mass is 232 g/mol. The molecule has 90 valence electrons. The molecule has 0 aromatic heterocycles. The van der Waals surface area contributed by atoms with Crippen LogP contribution in [0.2, 0.25) is 0 Å². The first kappa shape index (κ1) is 11.6. The number of piperazine rings is 1. The highest BCUT2D eigenvalue weighted by Gasteiger charge is 2.32. The molecule has 1 heterocycles. The summed E-state index contributed by atoms with van der Waals surface area (Å²) < 4.78 is 0. The Morgan fingerprint density at radius 1 is 1.47 bits per heavy atom. The minimum atomic E-state index is -0.485. The SMILES string of the molecule is CC(=O)N1CCNC(=O)C1c1cccc(C)c1. The van der Waals surface area contributed by atoms with Crippen LogP contribution in [0.1, 0.15) is 24.1 Å². The maximum absolute atomic E-state index is 11.9. The van der Waals surface area contributed by atoms with E-state index in [1.54, 1.807) is 4.90 Å². The number of hydrogen-bond donors (Lipinski definition) is 1. The molecule has 1 unspecified atom stereocenters. The number of rotatable bonds is 1. The predicted octanol–water partition coefficient (Wildman–Crippen LogP) is 1.01. The molecule has 1 aliphatic rings. The number of nitrogens with one attached hydrogen (secondary N) is 1. The van der Waals surface area contributed by atoms with Crippen molar-refractivity contribution in [2.75, 3.05) is 13.1 Å². The van der Waals surface area contributed by atoms with Crippen LogP contribution in [0.3, 0.4) is 0 Å². The quantitative estimate of drug-likeness (QED) is 0.785. The van der Waals surface area contributed by atoms with Crippen LogP contribution in [0.4, 0.5) is 0 Å². The number of carbonyl (C=O) groups excluding carboxylic acids is 2. The standard InChI is InChI=1S/C13H16N2O2/c1-9-4-3-5-11(8-9)12-13(17)14-6-7-15(12)10(2)16/h3-5,8,12H,6-7H2,1-2H3,(H,14,17). The van der Waals surface area contributed by atoms with Crippen molar-refractivity contribution in [3.05, 3.63) is 35.4 Å². The third kappa shape index (κ3) is 2.30. The summed E-state index contributed by atoms with van der Waals surface area (Å²) in [4.78, 5) is 25.1. The number of amides is 2. The molecule has 17 heavy (non-hydrogen) atoms. The van der Waals surface area contributed by atoms with Crippen molar-refractivity contribution in [2.24, 2.45) is 0 Å².